The molecule has 2 aromatic rings. The Kier molecular flexibility index (Phi) is 4.16. The van der Waals surface area contributed by atoms with Crippen molar-refractivity contribution in [2.24, 2.45) is 10.9 Å². The summed E-state index contributed by atoms with van der Waals surface area (Å²) in [6, 6.07) is 16.8. The number of amides is 2. The predicted octanol–water partition coefficient (Wildman–Crippen LogP) is 1.94. The van der Waals surface area contributed by atoms with E-state index in [-0.39, 0.29) is 12.0 Å². The van der Waals surface area contributed by atoms with E-state index < -0.39 is 11.9 Å². The number of rotatable bonds is 3. The maximum atomic E-state index is 13.0. The third kappa shape index (κ3) is 2.94. The number of benzene rings is 2. The summed E-state index contributed by atoms with van der Waals surface area (Å²) in [5, 5.41) is 3.99. The highest BCUT2D eigenvalue weighted by atomic mass is 16.6. The molecule has 2 heterocycles. The van der Waals surface area contributed by atoms with Crippen molar-refractivity contribution in [1.82, 2.24) is 4.90 Å². The number of nitrogens with zero attached hydrogens (tertiary/aromatic N) is 2. The number of nitrogens with two attached hydrogens (primary N) is 1. The average molecular weight is 349 g/mol. The first-order valence-corrected chi connectivity index (χ1v) is 8.58. The number of carbonyl (C=O) groups is 2. The number of fused-ring (bicyclic) bond motifs is 1. The first-order chi connectivity index (χ1) is 12.6. The molecular weight excluding hydrogens is 330 g/mol. The van der Waals surface area contributed by atoms with Crippen LogP contribution >= 0.6 is 0 Å². The standard InChI is InChI=1S/C20H19N3O3/c21-19(24)17-10-14-8-4-5-9-15(14)12-23(17)20(25)16-11-18(26-22-16)13-6-2-1-3-7-13/h1-9,17-18H,10-12H2,(H2,21,24)/t17-,18?/m0/s1. The third-order valence-electron chi connectivity index (χ3n) is 4.92. The molecule has 0 saturated carbocycles. The molecule has 0 fully saturated rings. The van der Waals surface area contributed by atoms with Crippen molar-refractivity contribution < 1.29 is 14.4 Å². The smallest absolute Gasteiger partial charge is 0.272 e. The van der Waals surface area contributed by atoms with Gasteiger partial charge in [0.1, 0.15) is 11.8 Å². The maximum Gasteiger partial charge on any atom is 0.272 e. The van der Waals surface area contributed by atoms with Crippen molar-refractivity contribution in [2.75, 3.05) is 0 Å². The Hall–Kier alpha value is -3.15. The van der Waals surface area contributed by atoms with E-state index in [1.165, 1.54) is 4.90 Å². The SMILES string of the molecule is NC(=O)[C@@H]1Cc2ccccc2CN1C(=O)C1=NOC(c2ccccc2)C1. The Bertz CT molecular complexity index is 879. The van der Waals surface area contributed by atoms with E-state index >= 15 is 0 Å². The Labute approximate surface area is 151 Å². The van der Waals surface area contributed by atoms with Gasteiger partial charge in [-0.05, 0) is 16.7 Å². The number of carbonyl (C=O) groups excluding carboxylic acids is 2. The van der Waals surface area contributed by atoms with Crippen molar-refractivity contribution >= 4 is 17.5 Å². The van der Waals surface area contributed by atoms with Crippen LogP contribution < -0.4 is 5.73 Å². The molecule has 0 radical (unpaired) electrons. The van der Waals surface area contributed by atoms with Crippen LogP contribution in [-0.2, 0) is 27.4 Å². The minimum absolute atomic E-state index is 0.278. The van der Waals surface area contributed by atoms with Gasteiger partial charge in [-0.25, -0.2) is 0 Å². The van der Waals surface area contributed by atoms with E-state index in [0.29, 0.717) is 25.1 Å². The molecular formula is C20H19N3O3. The zero-order chi connectivity index (χ0) is 18.1. The predicted molar refractivity (Wildman–Crippen MR) is 96.0 cm³/mol. The summed E-state index contributed by atoms with van der Waals surface area (Å²) in [6.07, 6.45) is 0.527. The molecule has 0 aliphatic carbocycles. The molecule has 2 aliphatic rings. The zero-order valence-electron chi connectivity index (χ0n) is 14.2. The maximum absolute atomic E-state index is 13.0. The molecule has 2 N–H and O–H groups in total. The van der Waals surface area contributed by atoms with E-state index in [2.05, 4.69) is 5.16 Å². The summed E-state index contributed by atoms with van der Waals surface area (Å²) >= 11 is 0. The quantitative estimate of drug-likeness (QED) is 0.919. The fraction of sp³-hybridized carbons (Fsp3) is 0.250. The Morgan fingerprint density at radius 1 is 1.00 bits per heavy atom. The number of primary amides is 1. The zero-order valence-corrected chi connectivity index (χ0v) is 14.2. The minimum Gasteiger partial charge on any atom is -0.387 e. The van der Waals surface area contributed by atoms with Crippen molar-refractivity contribution in [1.29, 1.82) is 0 Å². The van der Waals surface area contributed by atoms with Crippen LogP contribution in [0.4, 0.5) is 0 Å². The van der Waals surface area contributed by atoms with Crippen LogP contribution in [0.25, 0.3) is 0 Å². The Balaban J connectivity index is 1.54. The molecule has 2 atom stereocenters. The molecule has 6 heteroatoms. The second-order valence-corrected chi connectivity index (χ2v) is 6.57. The van der Waals surface area contributed by atoms with Gasteiger partial charge in [0.25, 0.3) is 5.91 Å². The highest BCUT2D eigenvalue weighted by Gasteiger charge is 2.37. The van der Waals surface area contributed by atoms with Crippen LogP contribution in [0.3, 0.4) is 0 Å². The molecule has 6 nitrogen and oxygen atoms in total. The van der Waals surface area contributed by atoms with E-state index in [1.54, 1.807) is 0 Å². The molecule has 2 aromatic carbocycles. The molecule has 2 amide bonds. The van der Waals surface area contributed by atoms with Gasteiger partial charge in [0.05, 0.1) is 0 Å². The van der Waals surface area contributed by atoms with E-state index in [9.17, 15) is 9.59 Å². The molecule has 0 bridgehead atoms. The molecule has 0 aromatic heterocycles. The van der Waals surface area contributed by atoms with Gasteiger partial charge in [-0.1, -0.05) is 59.8 Å². The van der Waals surface area contributed by atoms with Crippen molar-refractivity contribution in [3.63, 3.8) is 0 Å². The summed E-state index contributed by atoms with van der Waals surface area (Å²) < 4.78 is 0. The lowest BCUT2D eigenvalue weighted by molar-refractivity contribution is -0.135. The fourth-order valence-electron chi connectivity index (χ4n) is 3.51. The summed E-state index contributed by atoms with van der Waals surface area (Å²) in [7, 11) is 0. The van der Waals surface area contributed by atoms with Crippen LogP contribution in [0.5, 0.6) is 0 Å². The summed E-state index contributed by atoms with van der Waals surface area (Å²) in [4.78, 5) is 31.9. The lowest BCUT2D eigenvalue weighted by Gasteiger charge is -2.34. The summed E-state index contributed by atoms with van der Waals surface area (Å²) in [5.41, 5.74) is 8.93. The second-order valence-electron chi connectivity index (χ2n) is 6.57. The highest BCUT2D eigenvalue weighted by molar-refractivity contribution is 6.39. The van der Waals surface area contributed by atoms with Gasteiger partial charge < -0.3 is 15.5 Å². The highest BCUT2D eigenvalue weighted by Crippen LogP contribution is 2.29. The molecule has 132 valence electrons. The first-order valence-electron chi connectivity index (χ1n) is 8.58. The van der Waals surface area contributed by atoms with Crippen LogP contribution in [-0.4, -0.2) is 28.5 Å². The molecule has 26 heavy (non-hydrogen) atoms. The van der Waals surface area contributed by atoms with E-state index in [4.69, 9.17) is 10.6 Å². The average Bonchev–Trinajstić information content (AvgIpc) is 3.17. The molecule has 4 rings (SSSR count). The molecule has 0 saturated heterocycles. The van der Waals surface area contributed by atoms with Gasteiger partial charge in [0.2, 0.25) is 5.91 Å². The molecule has 1 unspecified atom stereocenters. The number of oxime groups is 1. The number of hydrogen-bond donors (Lipinski definition) is 1. The van der Waals surface area contributed by atoms with Gasteiger partial charge in [0, 0.05) is 19.4 Å². The van der Waals surface area contributed by atoms with Crippen LogP contribution in [0.2, 0.25) is 0 Å². The largest absolute Gasteiger partial charge is 0.387 e. The van der Waals surface area contributed by atoms with Gasteiger partial charge in [-0.15, -0.1) is 0 Å². The fourth-order valence-corrected chi connectivity index (χ4v) is 3.51. The van der Waals surface area contributed by atoms with Crippen molar-refractivity contribution in [2.45, 2.75) is 31.5 Å². The molecule has 2 aliphatic heterocycles. The minimum atomic E-state index is -0.670. The van der Waals surface area contributed by atoms with E-state index in [0.717, 1.165) is 16.7 Å². The second kappa shape index (κ2) is 6.63. The van der Waals surface area contributed by atoms with Gasteiger partial charge in [0.15, 0.2) is 6.10 Å². The lowest BCUT2D eigenvalue weighted by atomic mass is 9.93. The van der Waals surface area contributed by atoms with Crippen LogP contribution in [0.1, 0.15) is 29.2 Å². The van der Waals surface area contributed by atoms with Crippen molar-refractivity contribution in [3.8, 4) is 0 Å². The monoisotopic (exact) mass is 349 g/mol. The van der Waals surface area contributed by atoms with Gasteiger partial charge in [-0.2, -0.15) is 0 Å². The van der Waals surface area contributed by atoms with Gasteiger partial charge >= 0.3 is 0 Å². The lowest BCUT2D eigenvalue weighted by Crippen LogP contribution is -2.52. The topological polar surface area (TPSA) is 85.0 Å². The Morgan fingerprint density at radius 3 is 2.42 bits per heavy atom. The van der Waals surface area contributed by atoms with Crippen molar-refractivity contribution in [3.05, 3.63) is 71.3 Å². The Morgan fingerprint density at radius 2 is 1.69 bits per heavy atom. The third-order valence-corrected chi connectivity index (χ3v) is 4.92. The summed E-state index contributed by atoms with van der Waals surface area (Å²) in [6.45, 7) is 0.345. The van der Waals surface area contributed by atoms with E-state index in [1.807, 2.05) is 54.6 Å². The normalized spacial score (nSPS) is 21.5. The summed E-state index contributed by atoms with van der Waals surface area (Å²) in [5.74, 6) is -0.797. The number of hydrogen-bond acceptors (Lipinski definition) is 4. The van der Waals surface area contributed by atoms with Gasteiger partial charge in [-0.3, -0.25) is 9.59 Å². The van der Waals surface area contributed by atoms with Crippen LogP contribution in [0.15, 0.2) is 59.8 Å². The van der Waals surface area contributed by atoms with Crippen LogP contribution in [0, 0.1) is 0 Å². The molecule has 0 spiro atoms. The first kappa shape index (κ1) is 16.3.